The minimum atomic E-state index is -1.17. The van der Waals surface area contributed by atoms with Crippen LogP contribution in [0.4, 0.5) is 0 Å². The van der Waals surface area contributed by atoms with Crippen LogP contribution in [0.3, 0.4) is 0 Å². The zero-order chi connectivity index (χ0) is 19.5. The molecule has 28 heavy (non-hydrogen) atoms. The van der Waals surface area contributed by atoms with Crippen LogP contribution >= 0.6 is 0 Å². The van der Waals surface area contributed by atoms with Gasteiger partial charge in [0.15, 0.2) is 0 Å². The minimum absolute atomic E-state index is 0.157. The van der Waals surface area contributed by atoms with Crippen molar-refractivity contribution in [1.29, 1.82) is 0 Å². The lowest BCUT2D eigenvalue weighted by molar-refractivity contribution is -0.291. The maximum atomic E-state index is 10.7. The fourth-order valence-electron chi connectivity index (χ4n) is 3.43. The first-order valence-corrected chi connectivity index (χ1v) is 9.24. The van der Waals surface area contributed by atoms with Gasteiger partial charge in [0.25, 0.3) is 0 Å². The number of ether oxygens (including phenoxy) is 5. The minimum Gasteiger partial charge on any atom is -0.497 e. The lowest BCUT2D eigenvalue weighted by Crippen LogP contribution is -2.61. The summed E-state index contributed by atoms with van der Waals surface area (Å²) in [5, 5.41) is 21.4. The highest BCUT2D eigenvalue weighted by molar-refractivity contribution is 5.31. The van der Waals surface area contributed by atoms with Crippen molar-refractivity contribution >= 4 is 0 Å². The molecule has 0 unspecified atom stereocenters. The zero-order valence-electron chi connectivity index (χ0n) is 15.6. The summed E-state index contributed by atoms with van der Waals surface area (Å²) in [6.07, 6.45) is -4.74. The topological polar surface area (TPSA) is 86.6 Å². The van der Waals surface area contributed by atoms with E-state index in [0.29, 0.717) is 18.1 Å². The number of aliphatic hydroxyl groups excluding tert-OH is 2. The molecule has 2 heterocycles. The van der Waals surface area contributed by atoms with Crippen LogP contribution in [0.2, 0.25) is 0 Å². The Kier molecular flexibility index (Phi) is 5.79. The van der Waals surface area contributed by atoms with Crippen molar-refractivity contribution in [3.63, 3.8) is 0 Å². The molecule has 5 atom stereocenters. The van der Waals surface area contributed by atoms with Gasteiger partial charge in [-0.25, -0.2) is 0 Å². The second kappa shape index (κ2) is 8.46. The third kappa shape index (κ3) is 3.99. The molecule has 2 aliphatic rings. The summed E-state index contributed by atoms with van der Waals surface area (Å²) in [6.45, 7) is 0.800. The first kappa shape index (κ1) is 19.2. The lowest BCUT2D eigenvalue weighted by atomic mass is 9.98. The summed E-state index contributed by atoms with van der Waals surface area (Å²) >= 11 is 0. The molecular formula is C21H24O7. The standard InChI is InChI=1S/C21H24O7/c1-24-15-6-8-16(9-7-15)27-21-19(23)20-18(22)17(28-21)12-25-10-13-4-2-3-5-14(13)11-26-20/h2-9,17-23H,10-12H2,1H3/t17-,18-,19-,20+,21+/m1/s1. The van der Waals surface area contributed by atoms with Gasteiger partial charge in [-0.2, -0.15) is 0 Å². The van der Waals surface area contributed by atoms with Gasteiger partial charge in [-0.15, -0.1) is 0 Å². The van der Waals surface area contributed by atoms with Crippen molar-refractivity contribution in [2.24, 2.45) is 0 Å². The first-order chi connectivity index (χ1) is 13.7. The van der Waals surface area contributed by atoms with Crippen molar-refractivity contribution < 1.29 is 33.9 Å². The van der Waals surface area contributed by atoms with Gasteiger partial charge in [-0.1, -0.05) is 24.3 Å². The van der Waals surface area contributed by atoms with Gasteiger partial charge < -0.3 is 33.9 Å². The van der Waals surface area contributed by atoms with E-state index in [1.807, 2.05) is 24.3 Å². The molecule has 0 saturated carbocycles. The summed E-state index contributed by atoms with van der Waals surface area (Å²) in [5.41, 5.74) is 1.97. The van der Waals surface area contributed by atoms with Crippen molar-refractivity contribution in [3.8, 4) is 11.5 Å². The Labute approximate surface area is 163 Å². The highest BCUT2D eigenvalue weighted by Crippen LogP contribution is 2.29. The van der Waals surface area contributed by atoms with Gasteiger partial charge in [0.2, 0.25) is 6.29 Å². The second-order valence-corrected chi connectivity index (χ2v) is 6.88. The van der Waals surface area contributed by atoms with Crippen LogP contribution in [0.15, 0.2) is 48.5 Å². The molecule has 2 N–H and O–H groups in total. The maximum absolute atomic E-state index is 10.7. The molecule has 150 valence electrons. The molecule has 7 heteroatoms. The SMILES string of the molecule is COc1ccc(O[C@H]2O[C@@H]3COCc4ccccc4CO[C@H]([C@H]2O)[C@@H]3O)cc1. The molecule has 0 radical (unpaired) electrons. The fraction of sp³-hybridized carbons (Fsp3) is 0.429. The van der Waals surface area contributed by atoms with Crippen molar-refractivity contribution in [2.45, 2.75) is 43.9 Å². The molecular weight excluding hydrogens is 364 g/mol. The molecule has 0 spiro atoms. The number of fused-ring (bicyclic) bond motifs is 3. The maximum Gasteiger partial charge on any atom is 0.229 e. The monoisotopic (exact) mass is 388 g/mol. The van der Waals surface area contributed by atoms with Crippen LogP contribution in [0.1, 0.15) is 11.1 Å². The van der Waals surface area contributed by atoms with Crippen LogP contribution in [0.5, 0.6) is 11.5 Å². The van der Waals surface area contributed by atoms with Crippen molar-refractivity contribution in [2.75, 3.05) is 13.7 Å². The molecule has 2 aromatic carbocycles. The van der Waals surface area contributed by atoms with Gasteiger partial charge in [0.1, 0.15) is 35.9 Å². The van der Waals surface area contributed by atoms with Crippen molar-refractivity contribution in [3.05, 3.63) is 59.7 Å². The van der Waals surface area contributed by atoms with Crippen LogP contribution in [-0.4, -0.2) is 54.6 Å². The van der Waals surface area contributed by atoms with E-state index in [4.69, 9.17) is 23.7 Å². The van der Waals surface area contributed by atoms with Crippen LogP contribution < -0.4 is 9.47 Å². The van der Waals surface area contributed by atoms with Crippen LogP contribution in [-0.2, 0) is 27.4 Å². The summed E-state index contributed by atoms with van der Waals surface area (Å²) in [6, 6.07) is 14.7. The Hall–Kier alpha value is -2.16. The number of methoxy groups -OCH3 is 1. The molecule has 7 nitrogen and oxygen atoms in total. The molecule has 2 bridgehead atoms. The van der Waals surface area contributed by atoms with Gasteiger partial charge in [0, 0.05) is 0 Å². The van der Waals surface area contributed by atoms with Crippen molar-refractivity contribution in [1.82, 2.24) is 0 Å². The predicted molar refractivity (Wildman–Crippen MR) is 99.0 cm³/mol. The van der Waals surface area contributed by atoms with E-state index in [2.05, 4.69) is 0 Å². The molecule has 0 aromatic heterocycles. The van der Waals surface area contributed by atoms with Crippen LogP contribution in [0, 0.1) is 0 Å². The Morgan fingerprint density at radius 1 is 0.893 bits per heavy atom. The quantitative estimate of drug-likeness (QED) is 0.827. The first-order valence-electron chi connectivity index (χ1n) is 9.24. The number of hydrogen-bond donors (Lipinski definition) is 2. The Balaban J connectivity index is 1.53. The van der Waals surface area contributed by atoms with Gasteiger partial charge >= 0.3 is 0 Å². The number of rotatable bonds is 3. The van der Waals surface area contributed by atoms with Crippen LogP contribution in [0.25, 0.3) is 0 Å². The van der Waals surface area contributed by atoms with Gasteiger partial charge in [-0.05, 0) is 35.4 Å². The highest BCUT2D eigenvalue weighted by atomic mass is 16.7. The molecule has 1 fully saturated rings. The predicted octanol–water partition coefficient (Wildman–Crippen LogP) is 1.64. The molecule has 0 aliphatic carbocycles. The fourth-order valence-corrected chi connectivity index (χ4v) is 3.43. The number of aliphatic hydroxyl groups is 2. The summed E-state index contributed by atoms with van der Waals surface area (Å²) in [4.78, 5) is 0. The number of hydrogen-bond acceptors (Lipinski definition) is 7. The van der Waals surface area contributed by atoms with E-state index < -0.39 is 30.7 Å². The van der Waals surface area contributed by atoms with Gasteiger partial charge in [0.05, 0.1) is 26.9 Å². The zero-order valence-corrected chi connectivity index (χ0v) is 15.6. The average Bonchev–Trinajstić information content (AvgIpc) is 2.72. The molecule has 1 saturated heterocycles. The van der Waals surface area contributed by atoms with E-state index in [1.54, 1.807) is 31.4 Å². The van der Waals surface area contributed by atoms with E-state index in [0.717, 1.165) is 11.1 Å². The Morgan fingerprint density at radius 2 is 1.57 bits per heavy atom. The summed E-state index contributed by atoms with van der Waals surface area (Å²) < 4.78 is 28.4. The Bertz CT molecular complexity index is 779. The second-order valence-electron chi connectivity index (χ2n) is 6.88. The lowest BCUT2D eigenvalue weighted by Gasteiger charge is -2.42. The largest absolute Gasteiger partial charge is 0.497 e. The highest BCUT2D eigenvalue weighted by Gasteiger charge is 2.47. The van der Waals surface area contributed by atoms with E-state index >= 15 is 0 Å². The molecule has 4 rings (SSSR count). The van der Waals surface area contributed by atoms with Gasteiger partial charge in [-0.3, -0.25) is 0 Å². The number of benzene rings is 2. The average molecular weight is 388 g/mol. The third-order valence-corrected chi connectivity index (χ3v) is 5.04. The Morgan fingerprint density at radius 3 is 2.29 bits per heavy atom. The van der Waals surface area contributed by atoms with E-state index in [1.165, 1.54) is 0 Å². The smallest absolute Gasteiger partial charge is 0.229 e. The molecule has 0 amide bonds. The summed E-state index contributed by atoms with van der Waals surface area (Å²) in [5.74, 6) is 1.21. The summed E-state index contributed by atoms with van der Waals surface area (Å²) in [7, 11) is 1.58. The third-order valence-electron chi connectivity index (χ3n) is 5.04. The van der Waals surface area contributed by atoms with E-state index in [9.17, 15) is 10.2 Å². The molecule has 2 aliphatic heterocycles. The van der Waals surface area contributed by atoms with E-state index in [-0.39, 0.29) is 13.2 Å². The molecule has 2 aromatic rings. The normalized spacial score (nSPS) is 30.2.